The molecule has 18 heteroatoms. The minimum Gasteiger partial charge on any atom is -0.460 e. The molecule has 3 aromatic rings. The summed E-state index contributed by atoms with van der Waals surface area (Å²) < 4.78 is 20.9. The van der Waals surface area contributed by atoms with Crippen molar-refractivity contribution >= 4 is 89.2 Å². The third-order valence-corrected chi connectivity index (χ3v) is 14.7. The van der Waals surface area contributed by atoms with Crippen LogP contribution in [0.5, 0.6) is 0 Å². The second-order valence-corrected chi connectivity index (χ2v) is 21.9. The molecule has 0 unspecified atom stereocenters. The monoisotopic (exact) mass is 896 g/mol. The van der Waals surface area contributed by atoms with Crippen molar-refractivity contribution in [3.63, 3.8) is 0 Å². The Balaban J connectivity index is 1.75. The van der Waals surface area contributed by atoms with Crippen molar-refractivity contribution in [1.29, 1.82) is 0 Å². The fourth-order valence-corrected chi connectivity index (χ4v) is 11.6. The van der Waals surface area contributed by atoms with Crippen LogP contribution in [0.25, 0.3) is 0 Å². The summed E-state index contributed by atoms with van der Waals surface area (Å²) in [5, 5.41) is 12.5. The summed E-state index contributed by atoms with van der Waals surface area (Å²) in [6, 6.07) is 25.3. The molecule has 0 spiro atoms. The highest BCUT2D eigenvalue weighted by Crippen LogP contribution is 2.37. The van der Waals surface area contributed by atoms with E-state index in [4.69, 9.17) is 65.0 Å². The maximum Gasteiger partial charge on any atom is 0.429 e. The first-order chi connectivity index (χ1) is 27.5. The molecule has 13 nitrogen and oxygen atoms in total. The smallest absolute Gasteiger partial charge is 0.429 e. The second kappa shape index (κ2) is 21.4. The molecule has 0 aliphatic carbocycles. The van der Waals surface area contributed by atoms with E-state index < -0.39 is 71.4 Å². The number of carbonyl (C=O) groups excluding carboxylic acids is 4. The molecule has 1 heterocycles. The van der Waals surface area contributed by atoms with Gasteiger partial charge in [-0.25, -0.2) is 30.2 Å². The van der Waals surface area contributed by atoms with E-state index in [0.29, 0.717) is 10.6 Å². The maximum atomic E-state index is 14.8. The van der Waals surface area contributed by atoms with Crippen molar-refractivity contribution in [2.24, 2.45) is 0 Å². The van der Waals surface area contributed by atoms with E-state index in [-0.39, 0.29) is 39.2 Å². The summed E-state index contributed by atoms with van der Waals surface area (Å²) in [6.45, 7) is 8.38. The van der Waals surface area contributed by atoms with Crippen LogP contribution in [0.3, 0.4) is 0 Å². The average molecular weight is 899 g/mol. The lowest BCUT2D eigenvalue weighted by Crippen LogP contribution is -2.67. The number of halogens is 4. The van der Waals surface area contributed by atoms with Gasteiger partial charge < -0.3 is 23.7 Å². The SMILES string of the molecule is C=CCOC(=O)[C@@H]1C[C@H](O)CNN1C(=O)[C@@H](C[C@H](Cl)CO[Si](c1ccccc1)(c1ccccc1)C(C)(C)C)N(NC(=O)OCc1ccccc1)C(=O)OCC(Cl)(Cl)Cl. The number of nitrogens with zero attached hydrogens (tertiary/aromatic N) is 2. The van der Waals surface area contributed by atoms with E-state index in [1.165, 1.54) is 6.08 Å². The van der Waals surface area contributed by atoms with Crippen molar-refractivity contribution in [2.75, 3.05) is 26.4 Å². The zero-order valence-electron chi connectivity index (χ0n) is 32.3. The highest BCUT2D eigenvalue weighted by molar-refractivity contribution is 6.99. The molecule has 314 valence electrons. The van der Waals surface area contributed by atoms with Gasteiger partial charge in [0.1, 0.15) is 31.9 Å². The highest BCUT2D eigenvalue weighted by Gasteiger charge is 2.51. The van der Waals surface area contributed by atoms with Crippen LogP contribution < -0.4 is 21.2 Å². The van der Waals surface area contributed by atoms with Crippen molar-refractivity contribution < 1.29 is 42.9 Å². The fourth-order valence-electron chi connectivity index (χ4n) is 6.51. The molecule has 3 N–H and O–H groups in total. The third kappa shape index (κ3) is 12.8. The van der Waals surface area contributed by atoms with Gasteiger partial charge >= 0.3 is 18.2 Å². The van der Waals surface area contributed by atoms with Crippen molar-refractivity contribution in [2.45, 2.75) is 72.6 Å². The average Bonchev–Trinajstić information content (AvgIpc) is 3.20. The van der Waals surface area contributed by atoms with Crippen LogP contribution in [0.4, 0.5) is 9.59 Å². The number of aliphatic hydroxyl groups excluding tert-OH is 1. The Kier molecular flexibility index (Phi) is 17.3. The molecular formula is C40H48Cl4N4O9Si. The predicted molar refractivity (Wildman–Crippen MR) is 225 cm³/mol. The van der Waals surface area contributed by atoms with Gasteiger partial charge in [-0.2, -0.15) is 0 Å². The summed E-state index contributed by atoms with van der Waals surface area (Å²) in [5.41, 5.74) is 5.69. The van der Waals surface area contributed by atoms with Gasteiger partial charge in [-0.1, -0.05) is 159 Å². The zero-order valence-corrected chi connectivity index (χ0v) is 36.3. The maximum absolute atomic E-state index is 14.8. The second-order valence-electron chi connectivity index (χ2n) is 14.4. The van der Waals surface area contributed by atoms with Crippen molar-refractivity contribution in [3.8, 4) is 0 Å². The fraction of sp³-hybridized carbons (Fsp3) is 0.400. The number of nitrogens with one attached hydrogen (secondary N) is 2. The highest BCUT2D eigenvalue weighted by atomic mass is 35.6. The normalized spacial score (nSPS) is 17.0. The minimum atomic E-state index is -3.15. The van der Waals surface area contributed by atoms with Gasteiger partial charge in [-0.3, -0.25) is 9.80 Å². The van der Waals surface area contributed by atoms with Crippen molar-refractivity contribution in [1.82, 2.24) is 20.9 Å². The minimum absolute atomic E-state index is 0.134. The van der Waals surface area contributed by atoms with Gasteiger partial charge in [0.15, 0.2) is 0 Å². The Morgan fingerprint density at radius 2 is 1.52 bits per heavy atom. The lowest BCUT2D eigenvalue weighted by Gasteiger charge is -2.44. The van der Waals surface area contributed by atoms with Crippen LogP contribution in [0, 0.1) is 0 Å². The van der Waals surface area contributed by atoms with Crippen LogP contribution in [0.2, 0.25) is 5.04 Å². The third-order valence-electron chi connectivity index (χ3n) is 9.11. The number of rotatable bonds is 15. The molecule has 3 aromatic carbocycles. The Bertz CT molecular complexity index is 1780. The lowest BCUT2D eigenvalue weighted by molar-refractivity contribution is -0.165. The van der Waals surface area contributed by atoms with Gasteiger partial charge in [0.05, 0.1) is 18.1 Å². The molecule has 1 aliphatic heterocycles. The van der Waals surface area contributed by atoms with Gasteiger partial charge in [0, 0.05) is 13.0 Å². The van der Waals surface area contributed by atoms with E-state index in [1.54, 1.807) is 30.3 Å². The molecule has 0 aromatic heterocycles. The topological polar surface area (TPSA) is 156 Å². The first-order valence-corrected chi connectivity index (χ1v) is 21.9. The number of esters is 1. The van der Waals surface area contributed by atoms with Crippen molar-refractivity contribution in [3.05, 3.63) is 109 Å². The summed E-state index contributed by atoms with van der Waals surface area (Å²) >= 11 is 24.9. The van der Waals surface area contributed by atoms with E-state index in [1.807, 2.05) is 60.7 Å². The number of carbonyl (C=O) groups is 4. The first kappa shape index (κ1) is 46.8. The molecule has 4 atom stereocenters. The molecule has 3 amide bonds. The summed E-state index contributed by atoms with van der Waals surface area (Å²) in [6.07, 6.45) is -2.76. The zero-order chi connectivity index (χ0) is 42.5. The number of amides is 3. The standard InChI is InChI=1S/C40H48Cl4N4O9Si/c1-5-21-54-36(51)34-23-30(49)24-45-47(34)35(50)33(48(38(53)56-27-40(42,43)44)46-37(52)55-25-28-15-9-6-10-16-28)22-29(41)26-57-58(39(2,3)4,31-17-11-7-12-18-31)32-19-13-8-14-20-32/h5-20,29-30,33-34,45,49H,1,21-27H2,2-4H3,(H,46,52)/t29-,30-,33+,34-/m0/s1. The quantitative estimate of drug-likeness (QED) is 0.0428. The number of hydrogen-bond donors (Lipinski definition) is 3. The molecule has 0 saturated carbocycles. The number of benzene rings is 3. The van der Waals surface area contributed by atoms with E-state index in [0.717, 1.165) is 15.4 Å². The summed E-state index contributed by atoms with van der Waals surface area (Å²) in [4.78, 5) is 55.3. The van der Waals surface area contributed by atoms with E-state index in [9.17, 15) is 24.3 Å². The Labute approximate surface area is 359 Å². The largest absolute Gasteiger partial charge is 0.460 e. The Hall–Kier alpha value is -3.86. The van der Waals surface area contributed by atoms with Gasteiger partial charge in [-0.05, 0) is 27.4 Å². The Morgan fingerprint density at radius 1 is 0.948 bits per heavy atom. The number of hydrogen-bond acceptors (Lipinski definition) is 10. The summed E-state index contributed by atoms with van der Waals surface area (Å²) in [7, 11) is -3.15. The molecule has 58 heavy (non-hydrogen) atoms. The lowest BCUT2D eigenvalue weighted by atomic mass is 10.0. The van der Waals surface area contributed by atoms with Gasteiger partial charge in [-0.15, -0.1) is 11.6 Å². The molecule has 4 rings (SSSR count). The first-order valence-electron chi connectivity index (χ1n) is 18.4. The van der Waals surface area contributed by atoms with Crippen LogP contribution in [-0.2, 0) is 34.8 Å². The number of ether oxygens (including phenoxy) is 3. The molecule has 1 fully saturated rings. The number of aliphatic hydroxyl groups is 1. The van der Waals surface area contributed by atoms with Crippen LogP contribution in [-0.4, -0.2) is 101 Å². The van der Waals surface area contributed by atoms with Crippen LogP contribution in [0.15, 0.2) is 104 Å². The summed E-state index contributed by atoms with van der Waals surface area (Å²) in [5.74, 6) is -1.80. The Morgan fingerprint density at radius 3 is 2.05 bits per heavy atom. The molecule has 0 radical (unpaired) electrons. The van der Waals surface area contributed by atoms with E-state index >= 15 is 0 Å². The molecule has 1 saturated heterocycles. The van der Waals surface area contributed by atoms with Crippen LogP contribution >= 0.6 is 46.4 Å². The van der Waals surface area contributed by atoms with Gasteiger partial charge in [0.25, 0.3) is 14.2 Å². The predicted octanol–water partition coefficient (Wildman–Crippen LogP) is 5.77. The number of hydrazine groups is 2. The number of β-amino-alcohol motifs (C(OH)–C–C–N with tert-alkyl or cyclic N) is 1. The number of alkyl halides is 4. The molecule has 0 bridgehead atoms. The van der Waals surface area contributed by atoms with E-state index in [2.05, 4.69) is 38.2 Å². The van der Waals surface area contributed by atoms with Crippen LogP contribution in [0.1, 0.15) is 39.2 Å². The molecule has 1 aliphatic rings. The van der Waals surface area contributed by atoms with Gasteiger partial charge in [0.2, 0.25) is 3.79 Å². The molecular weight excluding hydrogens is 850 g/mol.